The first-order chi connectivity index (χ1) is 25.8. The molecule has 2 aliphatic rings. The summed E-state index contributed by atoms with van der Waals surface area (Å²) in [5.74, 6) is 1.90. The maximum atomic E-state index is 6.63. The summed E-state index contributed by atoms with van der Waals surface area (Å²) in [7, 11) is -2.75. The van der Waals surface area contributed by atoms with Gasteiger partial charge in [-0.25, -0.2) is 0 Å². The van der Waals surface area contributed by atoms with Crippen LogP contribution in [0.5, 0.6) is 11.5 Å². The normalized spacial score (nSPS) is 13.3. The Labute approximate surface area is 302 Å². The molecule has 0 unspecified atom stereocenters. The molecule has 8 aromatic carbocycles. The molecule has 0 atom stereocenters. The van der Waals surface area contributed by atoms with Gasteiger partial charge in [0.25, 0.3) is 0 Å². The number of benzene rings is 8. The first-order valence-electron chi connectivity index (χ1n) is 17.8. The zero-order valence-corrected chi connectivity index (χ0v) is 29.2. The van der Waals surface area contributed by atoms with Crippen LogP contribution >= 0.6 is 0 Å². The maximum absolute atomic E-state index is 6.63. The summed E-state index contributed by atoms with van der Waals surface area (Å²) in [6.45, 7) is 0. The lowest BCUT2D eigenvalue weighted by Crippen LogP contribution is -2.74. The van der Waals surface area contributed by atoms with Crippen molar-refractivity contribution in [1.82, 2.24) is 0 Å². The van der Waals surface area contributed by atoms with Crippen LogP contribution in [0.25, 0.3) is 44.2 Å². The summed E-state index contributed by atoms with van der Waals surface area (Å²) in [5, 5.41) is 7.61. The number of para-hydroxylation sites is 3. The van der Waals surface area contributed by atoms with Gasteiger partial charge in [0, 0.05) is 33.9 Å². The van der Waals surface area contributed by atoms with Crippen molar-refractivity contribution in [2.45, 2.75) is 0 Å². The van der Waals surface area contributed by atoms with E-state index in [4.69, 9.17) is 9.15 Å². The fraction of sp³-hybridized carbons (Fsp3) is 0. The minimum atomic E-state index is -2.75. The first kappa shape index (κ1) is 29.1. The van der Waals surface area contributed by atoms with Gasteiger partial charge in [-0.3, -0.25) is 0 Å². The Hall–Kier alpha value is -6.62. The SMILES string of the molecule is c1ccc(-c2ccc3c(c2)oc2cc(N(c4ccccc4)c4ccc5c(c4)[Si]4(c6ccccc6Oc6ccccc64)c4ccccc4-5)ccc23)cc1. The van der Waals surface area contributed by atoms with Crippen molar-refractivity contribution in [2.75, 3.05) is 4.90 Å². The third-order valence-corrected chi connectivity index (χ3v) is 15.8. The Balaban J connectivity index is 1.13. The standard InChI is InChI=1S/C48H31NO2Si/c1-3-13-32(14-4-1)33-23-26-37-38-27-24-35(30-44(38)51-43(37)29-33)49(34-15-5-2-6-16-34)36-25-28-40-39-17-7-10-20-45(39)52(48(40)31-36)46-21-11-8-18-41(46)50-42-19-9-12-22-47(42)52/h1-31H. The van der Waals surface area contributed by atoms with Crippen LogP contribution in [0.2, 0.25) is 0 Å². The Morgan fingerprint density at radius 2 is 0.923 bits per heavy atom. The van der Waals surface area contributed by atoms with Gasteiger partial charge in [0.15, 0.2) is 8.07 Å². The van der Waals surface area contributed by atoms with Gasteiger partial charge in [0.2, 0.25) is 0 Å². The molecule has 0 saturated heterocycles. The zero-order chi connectivity index (χ0) is 34.2. The summed E-state index contributed by atoms with van der Waals surface area (Å²) in [6.07, 6.45) is 0. The van der Waals surface area contributed by atoms with Crippen molar-refractivity contribution in [3.63, 3.8) is 0 Å². The van der Waals surface area contributed by atoms with Gasteiger partial charge >= 0.3 is 0 Å². The number of hydrogen-bond donors (Lipinski definition) is 0. The van der Waals surface area contributed by atoms with Crippen LogP contribution in [0, 0.1) is 0 Å². The lowest BCUT2D eigenvalue weighted by atomic mass is 10.0. The predicted molar refractivity (Wildman–Crippen MR) is 217 cm³/mol. The van der Waals surface area contributed by atoms with Gasteiger partial charge in [-0.2, -0.15) is 0 Å². The molecule has 244 valence electrons. The lowest BCUT2D eigenvalue weighted by molar-refractivity contribution is 0.487. The van der Waals surface area contributed by atoms with E-state index in [2.05, 4.69) is 187 Å². The average molecular weight is 682 g/mol. The smallest absolute Gasteiger partial charge is 0.189 e. The molecule has 3 nitrogen and oxygen atoms in total. The minimum Gasteiger partial charge on any atom is -0.458 e. The van der Waals surface area contributed by atoms with Gasteiger partial charge < -0.3 is 14.1 Å². The number of furan rings is 1. The van der Waals surface area contributed by atoms with Gasteiger partial charge in [0.1, 0.15) is 22.7 Å². The van der Waals surface area contributed by atoms with E-state index in [0.29, 0.717) is 0 Å². The van der Waals surface area contributed by atoms with Crippen molar-refractivity contribution in [1.29, 1.82) is 0 Å². The van der Waals surface area contributed by atoms with E-state index in [1.165, 1.54) is 37.4 Å². The molecular weight excluding hydrogens is 651 g/mol. The van der Waals surface area contributed by atoms with Crippen LogP contribution in [-0.2, 0) is 0 Å². The van der Waals surface area contributed by atoms with Crippen LogP contribution < -0.4 is 30.4 Å². The predicted octanol–water partition coefficient (Wildman–Crippen LogP) is 10.2. The fourth-order valence-corrected chi connectivity index (χ4v) is 14.1. The van der Waals surface area contributed by atoms with E-state index in [1.807, 2.05) is 6.07 Å². The highest BCUT2D eigenvalue weighted by atomic mass is 28.3. The second-order valence-electron chi connectivity index (χ2n) is 13.7. The second kappa shape index (κ2) is 11.2. The van der Waals surface area contributed by atoms with Gasteiger partial charge in [-0.15, -0.1) is 0 Å². The minimum absolute atomic E-state index is 0.866. The largest absolute Gasteiger partial charge is 0.458 e. The number of hydrogen-bond acceptors (Lipinski definition) is 3. The van der Waals surface area contributed by atoms with Gasteiger partial charge in [0.05, 0.1) is 0 Å². The van der Waals surface area contributed by atoms with E-state index in [0.717, 1.165) is 56.1 Å². The molecule has 0 saturated carbocycles. The molecule has 4 heteroatoms. The molecule has 52 heavy (non-hydrogen) atoms. The Bertz CT molecular complexity index is 2800. The number of nitrogens with zero attached hydrogens (tertiary/aromatic N) is 1. The third kappa shape index (κ3) is 4.13. The van der Waals surface area contributed by atoms with E-state index in [9.17, 15) is 0 Å². The highest BCUT2D eigenvalue weighted by Gasteiger charge is 2.53. The first-order valence-corrected chi connectivity index (χ1v) is 19.8. The molecule has 0 radical (unpaired) electrons. The van der Waals surface area contributed by atoms with E-state index >= 15 is 0 Å². The van der Waals surface area contributed by atoms with Crippen molar-refractivity contribution in [3.8, 4) is 33.8 Å². The summed E-state index contributed by atoms with van der Waals surface area (Å²) in [5.41, 5.74) is 9.92. The number of rotatable bonds is 4. The van der Waals surface area contributed by atoms with Crippen LogP contribution in [0.1, 0.15) is 0 Å². The van der Waals surface area contributed by atoms with Gasteiger partial charge in [-0.1, -0.05) is 121 Å². The van der Waals surface area contributed by atoms with E-state index in [-0.39, 0.29) is 0 Å². The molecule has 11 rings (SSSR count). The Morgan fingerprint density at radius 3 is 1.67 bits per heavy atom. The molecule has 0 amide bonds. The monoisotopic (exact) mass is 681 g/mol. The topological polar surface area (TPSA) is 25.6 Å². The molecule has 3 heterocycles. The van der Waals surface area contributed by atoms with Crippen molar-refractivity contribution >= 4 is 67.8 Å². The quantitative estimate of drug-likeness (QED) is 0.173. The number of anilines is 3. The van der Waals surface area contributed by atoms with Crippen molar-refractivity contribution < 1.29 is 9.15 Å². The summed E-state index contributed by atoms with van der Waals surface area (Å²) in [4.78, 5) is 2.37. The van der Waals surface area contributed by atoms with Crippen LogP contribution in [0.4, 0.5) is 17.1 Å². The van der Waals surface area contributed by atoms with Crippen molar-refractivity contribution in [2.24, 2.45) is 0 Å². The Morgan fingerprint density at radius 1 is 0.365 bits per heavy atom. The highest BCUT2D eigenvalue weighted by molar-refractivity contribution is 7.23. The molecule has 2 aliphatic heterocycles. The molecule has 0 N–H and O–H groups in total. The summed E-state index contributed by atoms with van der Waals surface area (Å²) in [6, 6.07) is 67.7. The van der Waals surface area contributed by atoms with Crippen molar-refractivity contribution in [3.05, 3.63) is 188 Å². The van der Waals surface area contributed by atoms with Crippen LogP contribution in [0.15, 0.2) is 192 Å². The maximum Gasteiger partial charge on any atom is 0.189 e. The molecule has 1 spiro atoms. The zero-order valence-electron chi connectivity index (χ0n) is 28.2. The van der Waals surface area contributed by atoms with Gasteiger partial charge in [-0.05, 0) is 104 Å². The molecule has 0 aliphatic carbocycles. The number of ether oxygens (including phenoxy) is 1. The molecular formula is C48H31NO2Si. The summed E-state index contributed by atoms with van der Waals surface area (Å²) < 4.78 is 13.3. The van der Waals surface area contributed by atoms with E-state index in [1.54, 1.807) is 0 Å². The molecule has 1 aromatic heterocycles. The average Bonchev–Trinajstić information content (AvgIpc) is 3.72. The highest BCUT2D eigenvalue weighted by Crippen LogP contribution is 2.42. The second-order valence-corrected chi connectivity index (χ2v) is 17.3. The molecule has 0 fully saturated rings. The fourth-order valence-electron chi connectivity index (χ4n) is 8.72. The Kier molecular flexibility index (Phi) is 6.27. The number of fused-ring (bicyclic) bond motifs is 12. The summed E-state index contributed by atoms with van der Waals surface area (Å²) >= 11 is 0. The molecule has 9 aromatic rings. The third-order valence-electron chi connectivity index (χ3n) is 10.9. The van der Waals surface area contributed by atoms with E-state index < -0.39 is 8.07 Å². The van der Waals surface area contributed by atoms with Crippen LogP contribution in [-0.4, -0.2) is 8.07 Å². The lowest BCUT2D eigenvalue weighted by Gasteiger charge is -2.37. The molecule has 0 bridgehead atoms. The van der Waals surface area contributed by atoms with Crippen LogP contribution in [0.3, 0.4) is 0 Å².